The van der Waals surface area contributed by atoms with Gasteiger partial charge in [0.2, 0.25) is 0 Å². The fourth-order valence-corrected chi connectivity index (χ4v) is 2.91. The van der Waals surface area contributed by atoms with Gasteiger partial charge in [-0.15, -0.1) is 0 Å². The van der Waals surface area contributed by atoms with Crippen LogP contribution in [0.2, 0.25) is 5.02 Å². The van der Waals surface area contributed by atoms with Gasteiger partial charge in [-0.3, -0.25) is 4.79 Å². The molecule has 5 heteroatoms. The highest BCUT2D eigenvalue weighted by molar-refractivity contribution is 9.10. The monoisotopic (exact) mass is 331 g/mol. The second-order valence-electron chi connectivity index (χ2n) is 4.54. The average Bonchev–Trinajstić information content (AvgIpc) is 2.38. The van der Waals surface area contributed by atoms with Crippen molar-refractivity contribution in [1.29, 1.82) is 0 Å². The van der Waals surface area contributed by atoms with Crippen molar-refractivity contribution in [1.82, 2.24) is 4.90 Å². The predicted molar refractivity (Wildman–Crippen MR) is 74.9 cm³/mol. The Balaban J connectivity index is 2.08. The summed E-state index contributed by atoms with van der Waals surface area (Å²) in [6, 6.07) is 5.29. The van der Waals surface area contributed by atoms with Gasteiger partial charge in [-0.25, -0.2) is 0 Å². The summed E-state index contributed by atoms with van der Waals surface area (Å²) < 4.78 is 0.864. The fraction of sp³-hybridized carbons (Fsp3) is 0.462. The number of rotatable bonds is 2. The second kappa shape index (κ2) is 6.04. The average molecular weight is 333 g/mol. The lowest BCUT2D eigenvalue weighted by atomic mass is 9.97. The van der Waals surface area contributed by atoms with E-state index in [0.29, 0.717) is 29.6 Å². The van der Waals surface area contributed by atoms with E-state index >= 15 is 0 Å². The van der Waals surface area contributed by atoms with E-state index < -0.39 is 0 Å². The van der Waals surface area contributed by atoms with Gasteiger partial charge in [0.05, 0.1) is 10.6 Å². The van der Waals surface area contributed by atoms with Crippen LogP contribution in [0.1, 0.15) is 23.2 Å². The molecule has 98 valence electrons. The van der Waals surface area contributed by atoms with Gasteiger partial charge in [-0.05, 0) is 37.0 Å². The molecule has 18 heavy (non-hydrogen) atoms. The number of halogens is 2. The molecule has 1 N–H and O–H groups in total. The molecule has 1 amide bonds. The van der Waals surface area contributed by atoms with E-state index in [0.717, 1.165) is 17.3 Å². The van der Waals surface area contributed by atoms with Crippen LogP contribution in [0.25, 0.3) is 0 Å². The molecular formula is C13H15BrClNO2. The van der Waals surface area contributed by atoms with E-state index in [-0.39, 0.29) is 12.5 Å². The molecule has 2 rings (SSSR count). The SMILES string of the molecule is O=C(c1ccc(Br)cc1Cl)N1CCC(CO)CC1. The van der Waals surface area contributed by atoms with Gasteiger partial charge < -0.3 is 10.0 Å². The lowest BCUT2D eigenvalue weighted by Crippen LogP contribution is -2.39. The first-order chi connectivity index (χ1) is 8.61. The van der Waals surface area contributed by atoms with Crippen LogP contribution in [0.15, 0.2) is 22.7 Å². The number of carbonyl (C=O) groups is 1. The third kappa shape index (κ3) is 3.05. The minimum absolute atomic E-state index is 0.0242. The molecule has 0 saturated carbocycles. The number of nitrogens with zero attached hydrogens (tertiary/aromatic N) is 1. The Morgan fingerprint density at radius 1 is 1.44 bits per heavy atom. The molecule has 0 atom stereocenters. The summed E-state index contributed by atoms with van der Waals surface area (Å²) in [5, 5.41) is 9.55. The number of aliphatic hydroxyl groups is 1. The first-order valence-corrected chi connectivity index (χ1v) is 7.14. The normalized spacial score (nSPS) is 16.9. The van der Waals surface area contributed by atoms with E-state index in [1.54, 1.807) is 17.0 Å². The van der Waals surface area contributed by atoms with Crippen molar-refractivity contribution in [2.24, 2.45) is 5.92 Å². The highest BCUT2D eigenvalue weighted by atomic mass is 79.9. The Hall–Kier alpha value is -0.580. The van der Waals surface area contributed by atoms with E-state index in [9.17, 15) is 4.79 Å². The van der Waals surface area contributed by atoms with Crippen LogP contribution in [0.5, 0.6) is 0 Å². The summed E-state index contributed by atoms with van der Waals surface area (Å²) >= 11 is 9.40. The predicted octanol–water partition coefficient (Wildman–Crippen LogP) is 2.95. The van der Waals surface area contributed by atoms with Gasteiger partial charge in [-0.2, -0.15) is 0 Å². The molecule has 0 bridgehead atoms. The van der Waals surface area contributed by atoms with Gasteiger partial charge in [0.1, 0.15) is 0 Å². The summed E-state index contributed by atoms with van der Waals surface area (Å²) in [6.07, 6.45) is 1.72. The summed E-state index contributed by atoms with van der Waals surface area (Å²) in [4.78, 5) is 14.1. The van der Waals surface area contributed by atoms with E-state index in [2.05, 4.69) is 15.9 Å². The Morgan fingerprint density at radius 2 is 2.11 bits per heavy atom. The van der Waals surface area contributed by atoms with E-state index in [4.69, 9.17) is 16.7 Å². The van der Waals surface area contributed by atoms with Crippen molar-refractivity contribution in [3.63, 3.8) is 0 Å². The molecule has 1 aliphatic heterocycles. The van der Waals surface area contributed by atoms with Crippen molar-refractivity contribution in [3.8, 4) is 0 Å². The zero-order valence-corrected chi connectivity index (χ0v) is 12.2. The Morgan fingerprint density at radius 3 is 2.67 bits per heavy atom. The minimum Gasteiger partial charge on any atom is -0.396 e. The number of carbonyl (C=O) groups excluding carboxylic acids is 1. The van der Waals surface area contributed by atoms with Crippen molar-refractivity contribution < 1.29 is 9.90 Å². The van der Waals surface area contributed by atoms with Crippen LogP contribution >= 0.6 is 27.5 Å². The maximum Gasteiger partial charge on any atom is 0.255 e. The lowest BCUT2D eigenvalue weighted by Gasteiger charge is -2.31. The number of aliphatic hydroxyl groups excluding tert-OH is 1. The summed E-state index contributed by atoms with van der Waals surface area (Å²) in [6.45, 7) is 1.59. The van der Waals surface area contributed by atoms with Gasteiger partial charge in [0, 0.05) is 24.2 Å². The van der Waals surface area contributed by atoms with Gasteiger partial charge >= 0.3 is 0 Å². The van der Waals surface area contributed by atoms with Crippen LogP contribution in [0, 0.1) is 5.92 Å². The van der Waals surface area contributed by atoms with Crippen molar-refractivity contribution in [2.45, 2.75) is 12.8 Å². The van der Waals surface area contributed by atoms with Gasteiger partial charge in [0.25, 0.3) is 5.91 Å². The molecule has 1 saturated heterocycles. The van der Waals surface area contributed by atoms with Crippen molar-refractivity contribution in [2.75, 3.05) is 19.7 Å². The lowest BCUT2D eigenvalue weighted by molar-refractivity contribution is 0.0651. The number of likely N-dealkylation sites (tertiary alicyclic amines) is 1. The molecule has 1 fully saturated rings. The number of amides is 1. The highest BCUT2D eigenvalue weighted by Gasteiger charge is 2.24. The zero-order chi connectivity index (χ0) is 13.1. The quantitative estimate of drug-likeness (QED) is 0.904. The fourth-order valence-electron chi connectivity index (χ4n) is 2.15. The summed E-state index contributed by atoms with van der Waals surface area (Å²) in [5.74, 6) is 0.304. The molecule has 1 aliphatic rings. The maximum absolute atomic E-state index is 12.3. The summed E-state index contributed by atoms with van der Waals surface area (Å²) in [5.41, 5.74) is 0.544. The van der Waals surface area contributed by atoms with Crippen LogP contribution in [0.4, 0.5) is 0 Å². The Bertz CT molecular complexity index is 445. The summed E-state index contributed by atoms with van der Waals surface area (Å²) in [7, 11) is 0. The number of benzene rings is 1. The maximum atomic E-state index is 12.3. The van der Waals surface area contributed by atoms with Crippen molar-refractivity contribution >= 4 is 33.4 Å². The second-order valence-corrected chi connectivity index (χ2v) is 5.87. The molecule has 0 aromatic heterocycles. The topological polar surface area (TPSA) is 40.5 Å². The third-order valence-electron chi connectivity index (χ3n) is 3.32. The first-order valence-electron chi connectivity index (χ1n) is 5.97. The molecule has 0 aliphatic carbocycles. The first kappa shape index (κ1) is 13.8. The molecule has 3 nitrogen and oxygen atoms in total. The highest BCUT2D eigenvalue weighted by Crippen LogP contribution is 2.24. The minimum atomic E-state index is -0.0242. The largest absolute Gasteiger partial charge is 0.396 e. The van der Waals surface area contributed by atoms with Crippen LogP contribution in [-0.4, -0.2) is 35.6 Å². The Kier molecular flexibility index (Phi) is 4.65. The molecule has 1 aromatic rings. The number of hydrogen-bond donors (Lipinski definition) is 1. The molecule has 0 radical (unpaired) electrons. The number of hydrogen-bond acceptors (Lipinski definition) is 2. The molecule has 1 aromatic carbocycles. The molecule has 0 unspecified atom stereocenters. The molecule has 0 spiro atoms. The van der Waals surface area contributed by atoms with Gasteiger partial charge in [0.15, 0.2) is 0 Å². The third-order valence-corrected chi connectivity index (χ3v) is 4.13. The zero-order valence-electron chi connectivity index (χ0n) is 9.90. The van der Waals surface area contributed by atoms with Gasteiger partial charge in [-0.1, -0.05) is 27.5 Å². The standard InChI is InChI=1S/C13H15BrClNO2/c14-10-1-2-11(12(15)7-10)13(18)16-5-3-9(8-17)4-6-16/h1-2,7,9,17H,3-6,8H2. The molecule has 1 heterocycles. The van der Waals surface area contributed by atoms with E-state index in [1.165, 1.54) is 0 Å². The van der Waals surface area contributed by atoms with Crippen molar-refractivity contribution in [3.05, 3.63) is 33.3 Å². The Labute approximate surface area is 120 Å². The van der Waals surface area contributed by atoms with Crippen LogP contribution in [0.3, 0.4) is 0 Å². The molecular weight excluding hydrogens is 318 g/mol. The number of piperidine rings is 1. The van der Waals surface area contributed by atoms with Crippen LogP contribution < -0.4 is 0 Å². The smallest absolute Gasteiger partial charge is 0.255 e. The van der Waals surface area contributed by atoms with E-state index in [1.807, 2.05) is 6.07 Å². The van der Waals surface area contributed by atoms with Crippen LogP contribution in [-0.2, 0) is 0 Å².